The summed E-state index contributed by atoms with van der Waals surface area (Å²) in [6.07, 6.45) is 0. The molecule has 1 aromatic heterocycles. The number of aromatic nitrogens is 1. The van der Waals surface area contributed by atoms with E-state index in [0.29, 0.717) is 22.8 Å². The molecule has 0 fully saturated rings. The number of para-hydroxylation sites is 2. The van der Waals surface area contributed by atoms with E-state index in [0.717, 1.165) is 5.52 Å². The molecule has 0 aliphatic carbocycles. The SMILES string of the molecule is Cc1cc([N+](=O)[O-])ccc1OCc1nc2ccccc2o1. The van der Waals surface area contributed by atoms with Crippen LogP contribution in [0.5, 0.6) is 5.75 Å². The van der Waals surface area contributed by atoms with Gasteiger partial charge in [0.05, 0.1) is 4.92 Å². The number of nitro benzene ring substituents is 1. The van der Waals surface area contributed by atoms with Crippen molar-refractivity contribution in [1.82, 2.24) is 4.98 Å². The van der Waals surface area contributed by atoms with E-state index in [9.17, 15) is 10.1 Å². The fraction of sp³-hybridized carbons (Fsp3) is 0.133. The number of hydrogen-bond acceptors (Lipinski definition) is 5. The van der Waals surface area contributed by atoms with E-state index in [1.54, 1.807) is 13.0 Å². The third-order valence-electron chi connectivity index (χ3n) is 3.06. The highest BCUT2D eigenvalue weighted by atomic mass is 16.6. The Morgan fingerprint density at radius 3 is 2.81 bits per heavy atom. The van der Waals surface area contributed by atoms with E-state index in [1.807, 2.05) is 24.3 Å². The van der Waals surface area contributed by atoms with Crippen molar-refractivity contribution in [3.05, 3.63) is 64.0 Å². The molecule has 106 valence electrons. The Balaban J connectivity index is 1.76. The maximum absolute atomic E-state index is 10.7. The van der Waals surface area contributed by atoms with Crippen LogP contribution >= 0.6 is 0 Å². The predicted molar refractivity (Wildman–Crippen MR) is 76.2 cm³/mol. The van der Waals surface area contributed by atoms with Crippen molar-refractivity contribution in [3.63, 3.8) is 0 Å². The van der Waals surface area contributed by atoms with Crippen molar-refractivity contribution in [2.24, 2.45) is 0 Å². The minimum Gasteiger partial charge on any atom is -0.484 e. The van der Waals surface area contributed by atoms with Crippen LogP contribution in [0.25, 0.3) is 11.1 Å². The summed E-state index contributed by atoms with van der Waals surface area (Å²) in [6.45, 7) is 1.93. The number of nitrogens with zero attached hydrogens (tertiary/aromatic N) is 2. The van der Waals surface area contributed by atoms with Crippen LogP contribution in [0.1, 0.15) is 11.5 Å². The standard InChI is InChI=1S/C15H12N2O4/c1-10-8-11(17(18)19)6-7-13(10)20-9-15-16-12-4-2-3-5-14(12)21-15/h2-8H,9H2,1H3. The maximum atomic E-state index is 10.7. The number of oxazole rings is 1. The molecule has 6 heteroatoms. The second-order valence-electron chi connectivity index (χ2n) is 4.57. The number of fused-ring (bicyclic) bond motifs is 1. The molecular weight excluding hydrogens is 272 g/mol. The van der Waals surface area contributed by atoms with Gasteiger partial charge >= 0.3 is 0 Å². The summed E-state index contributed by atoms with van der Waals surface area (Å²) in [5.41, 5.74) is 2.22. The van der Waals surface area contributed by atoms with Gasteiger partial charge in [0.25, 0.3) is 5.69 Å². The summed E-state index contributed by atoms with van der Waals surface area (Å²) in [4.78, 5) is 14.6. The van der Waals surface area contributed by atoms with E-state index in [-0.39, 0.29) is 12.3 Å². The normalized spacial score (nSPS) is 10.7. The van der Waals surface area contributed by atoms with Crippen molar-refractivity contribution in [1.29, 1.82) is 0 Å². The lowest BCUT2D eigenvalue weighted by Gasteiger charge is -2.06. The number of nitro groups is 1. The second kappa shape index (κ2) is 5.24. The van der Waals surface area contributed by atoms with Crippen LogP contribution in [-0.2, 0) is 6.61 Å². The van der Waals surface area contributed by atoms with Gasteiger partial charge in [-0.1, -0.05) is 12.1 Å². The summed E-state index contributed by atoms with van der Waals surface area (Å²) in [5.74, 6) is 1.04. The Morgan fingerprint density at radius 1 is 1.29 bits per heavy atom. The zero-order valence-corrected chi connectivity index (χ0v) is 11.3. The topological polar surface area (TPSA) is 78.4 Å². The van der Waals surface area contributed by atoms with Crippen LogP contribution in [0.4, 0.5) is 5.69 Å². The van der Waals surface area contributed by atoms with Gasteiger partial charge < -0.3 is 9.15 Å². The molecule has 0 unspecified atom stereocenters. The van der Waals surface area contributed by atoms with Gasteiger partial charge in [-0.25, -0.2) is 4.98 Å². The Morgan fingerprint density at radius 2 is 2.10 bits per heavy atom. The molecule has 0 aliphatic heterocycles. The first kappa shape index (κ1) is 13.1. The summed E-state index contributed by atoms with van der Waals surface area (Å²) in [5, 5.41) is 10.7. The zero-order valence-electron chi connectivity index (χ0n) is 11.3. The third kappa shape index (κ3) is 2.69. The van der Waals surface area contributed by atoms with Gasteiger partial charge in [0, 0.05) is 12.1 Å². The quantitative estimate of drug-likeness (QED) is 0.540. The third-order valence-corrected chi connectivity index (χ3v) is 3.06. The average molecular weight is 284 g/mol. The Hall–Kier alpha value is -2.89. The summed E-state index contributed by atoms with van der Waals surface area (Å²) < 4.78 is 11.2. The molecular formula is C15H12N2O4. The molecule has 0 saturated carbocycles. The highest BCUT2D eigenvalue weighted by molar-refractivity contribution is 5.72. The molecule has 0 saturated heterocycles. The van der Waals surface area contributed by atoms with E-state index >= 15 is 0 Å². The molecule has 3 rings (SSSR count). The van der Waals surface area contributed by atoms with Crippen molar-refractivity contribution >= 4 is 16.8 Å². The molecule has 0 N–H and O–H groups in total. The highest BCUT2D eigenvalue weighted by Gasteiger charge is 2.10. The van der Waals surface area contributed by atoms with Crippen molar-refractivity contribution in [2.45, 2.75) is 13.5 Å². The van der Waals surface area contributed by atoms with Crippen LogP contribution in [-0.4, -0.2) is 9.91 Å². The number of aryl methyl sites for hydroxylation is 1. The average Bonchev–Trinajstić information content (AvgIpc) is 2.88. The van der Waals surface area contributed by atoms with Crippen LogP contribution in [0.2, 0.25) is 0 Å². The van der Waals surface area contributed by atoms with Crippen molar-refractivity contribution < 1.29 is 14.1 Å². The molecule has 1 heterocycles. The first-order valence-electron chi connectivity index (χ1n) is 6.36. The van der Waals surface area contributed by atoms with E-state index in [2.05, 4.69) is 4.98 Å². The second-order valence-corrected chi connectivity index (χ2v) is 4.57. The van der Waals surface area contributed by atoms with Crippen LogP contribution < -0.4 is 4.74 Å². The smallest absolute Gasteiger partial charge is 0.269 e. The van der Waals surface area contributed by atoms with Gasteiger partial charge in [-0.3, -0.25) is 10.1 Å². The first-order chi connectivity index (χ1) is 10.1. The lowest BCUT2D eigenvalue weighted by atomic mass is 10.2. The van der Waals surface area contributed by atoms with Gasteiger partial charge in [0.1, 0.15) is 11.3 Å². The molecule has 0 spiro atoms. The molecule has 0 aliphatic rings. The molecule has 2 aromatic carbocycles. The Kier molecular flexibility index (Phi) is 3.27. The molecule has 0 bridgehead atoms. The van der Waals surface area contributed by atoms with Crippen LogP contribution in [0.3, 0.4) is 0 Å². The predicted octanol–water partition coefficient (Wildman–Crippen LogP) is 3.62. The largest absolute Gasteiger partial charge is 0.484 e. The van der Waals surface area contributed by atoms with Crippen molar-refractivity contribution in [3.8, 4) is 5.75 Å². The molecule has 3 aromatic rings. The van der Waals surface area contributed by atoms with Gasteiger partial charge in [-0.15, -0.1) is 0 Å². The number of rotatable bonds is 4. The molecule has 21 heavy (non-hydrogen) atoms. The fourth-order valence-corrected chi connectivity index (χ4v) is 2.03. The van der Waals surface area contributed by atoms with Gasteiger partial charge in [-0.05, 0) is 30.7 Å². The van der Waals surface area contributed by atoms with Crippen LogP contribution in [0.15, 0.2) is 46.9 Å². The van der Waals surface area contributed by atoms with Gasteiger partial charge in [0.2, 0.25) is 5.89 Å². The number of non-ortho nitro benzene ring substituents is 1. The molecule has 0 atom stereocenters. The van der Waals surface area contributed by atoms with Crippen LogP contribution in [0, 0.1) is 17.0 Å². The number of benzene rings is 2. The monoisotopic (exact) mass is 284 g/mol. The van der Waals surface area contributed by atoms with Gasteiger partial charge in [-0.2, -0.15) is 0 Å². The fourth-order valence-electron chi connectivity index (χ4n) is 2.03. The Labute approximate surface area is 120 Å². The Bertz CT molecular complexity index is 777. The molecule has 0 radical (unpaired) electrons. The molecule has 0 amide bonds. The highest BCUT2D eigenvalue weighted by Crippen LogP contribution is 2.24. The minimum absolute atomic E-state index is 0.0433. The summed E-state index contributed by atoms with van der Waals surface area (Å²) in [7, 11) is 0. The van der Waals surface area contributed by atoms with E-state index in [1.165, 1.54) is 12.1 Å². The number of ether oxygens (including phenoxy) is 1. The number of hydrogen-bond donors (Lipinski definition) is 0. The van der Waals surface area contributed by atoms with Crippen molar-refractivity contribution in [2.75, 3.05) is 0 Å². The lowest BCUT2D eigenvalue weighted by Crippen LogP contribution is -1.98. The molecule has 6 nitrogen and oxygen atoms in total. The van der Waals surface area contributed by atoms with E-state index < -0.39 is 4.92 Å². The van der Waals surface area contributed by atoms with Gasteiger partial charge in [0.15, 0.2) is 12.2 Å². The summed E-state index contributed by atoms with van der Waals surface area (Å²) in [6, 6.07) is 11.9. The first-order valence-corrected chi connectivity index (χ1v) is 6.36. The minimum atomic E-state index is -0.433. The maximum Gasteiger partial charge on any atom is 0.269 e. The summed E-state index contributed by atoms with van der Waals surface area (Å²) >= 11 is 0. The van der Waals surface area contributed by atoms with E-state index in [4.69, 9.17) is 9.15 Å². The zero-order chi connectivity index (χ0) is 14.8. The lowest BCUT2D eigenvalue weighted by molar-refractivity contribution is -0.384.